The first kappa shape index (κ1) is 14.7. The molecular weight excluding hydrogens is 286 g/mol. The summed E-state index contributed by atoms with van der Waals surface area (Å²) in [6.45, 7) is 6.34. The summed E-state index contributed by atoms with van der Waals surface area (Å²) in [6.07, 6.45) is 3.66. The Labute approximate surface area is 129 Å². The van der Waals surface area contributed by atoms with Crippen LogP contribution in [0.2, 0.25) is 5.02 Å². The van der Waals surface area contributed by atoms with Crippen molar-refractivity contribution in [3.63, 3.8) is 0 Å². The number of nitrogens with one attached hydrogen (secondary N) is 1. The molecule has 0 saturated carbocycles. The van der Waals surface area contributed by atoms with E-state index in [2.05, 4.69) is 23.7 Å². The highest BCUT2D eigenvalue weighted by Gasteiger charge is 2.25. The Balaban J connectivity index is 1.93. The smallest absolute Gasteiger partial charge is 0.305 e. The molecule has 4 nitrogen and oxygen atoms in total. The average Bonchev–Trinajstić information content (AvgIpc) is 2.74. The third kappa shape index (κ3) is 2.87. The predicted octanol–water partition coefficient (Wildman–Crippen LogP) is 3.25. The molecule has 0 spiro atoms. The first-order valence-corrected chi connectivity index (χ1v) is 8.08. The number of halogens is 1. The molecule has 1 aliphatic heterocycles. The van der Waals surface area contributed by atoms with E-state index in [9.17, 15) is 4.79 Å². The van der Waals surface area contributed by atoms with Crippen molar-refractivity contribution in [3.05, 3.63) is 33.7 Å². The summed E-state index contributed by atoms with van der Waals surface area (Å²) in [6, 6.07) is 6.54. The largest absolute Gasteiger partial charge is 0.326 e. The van der Waals surface area contributed by atoms with Gasteiger partial charge < -0.3 is 4.98 Å². The summed E-state index contributed by atoms with van der Waals surface area (Å²) < 4.78 is 1.86. The Bertz CT molecular complexity index is 688. The van der Waals surface area contributed by atoms with E-state index in [0.717, 1.165) is 30.5 Å². The van der Waals surface area contributed by atoms with Gasteiger partial charge in [0.1, 0.15) is 0 Å². The van der Waals surface area contributed by atoms with Crippen molar-refractivity contribution >= 4 is 22.6 Å². The number of aromatic nitrogens is 2. The fourth-order valence-corrected chi connectivity index (χ4v) is 3.60. The highest BCUT2D eigenvalue weighted by atomic mass is 35.5. The lowest BCUT2D eigenvalue weighted by Crippen LogP contribution is -2.46. The van der Waals surface area contributed by atoms with Crippen LogP contribution in [0.25, 0.3) is 11.0 Å². The van der Waals surface area contributed by atoms with Crippen LogP contribution in [0.4, 0.5) is 0 Å². The lowest BCUT2D eigenvalue weighted by Gasteiger charge is -2.38. The monoisotopic (exact) mass is 307 g/mol. The van der Waals surface area contributed by atoms with Gasteiger partial charge in [-0.2, -0.15) is 0 Å². The van der Waals surface area contributed by atoms with Crippen LogP contribution >= 0.6 is 11.6 Å². The van der Waals surface area contributed by atoms with Crippen molar-refractivity contribution in [1.29, 1.82) is 0 Å². The van der Waals surface area contributed by atoms with Gasteiger partial charge in [0.2, 0.25) is 0 Å². The minimum absolute atomic E-state index is 0.0402. The highest BCUT2D eigenvalue weighted by Crippen LogP contribution is 2.22. The molecule has 1 fully saturated rings. The fraction of sp³-hybridized carbons (Fsp3) is 0.562. The van der Waals surface area contributed by atoms with E-state index in [1.807, 2.05) is 22.8 Å². The summed E-state index contributed by atoms with van der Waals surface area (Å²) in [4.78, 5) is 17.7. The molecule has 5 heteroatoms. The maximum absolute atomic E-state index is 12.2. The van der Waals surface area contributed by atoms with Crippen LogP contribution in [-0.2, 0) is 6.54 Å². The molecule has 1 N–H and O–H groups in total. The second kappa shape index (κ2) is 5.85. The van der Waals surface area contributed by atoms with Crippen molar-refractivity contribution < 1.29 is 0 Å². The molecule has 3 rings (SSSR count). The standard InChI is InChI=1S/C16H22ClN3O/c1-11(2)19-8-4-3-5-13(19)10-20-15-7-6-12(17)9-14(15)18-16(20)21/h6-7,9,11,13H,3-5,8,10H2,1-2H3,(H,18,21). The molecular formula is C16H22ClN3O. The Morgan fingerprint density at radius 1 is 1.38 bits per heavy atom. The number of rotatable bonds is 3. The molecule has 2 aromatic rings. The molecule has 21 heavy (non-hydrogen) atoms. The summed E-state index contributed by atoms with van der Waals surface area (Å²) in [5.41, 5.74) is 1.72. The van der Waals surface area contributed by atoms with E-state index in [1.165, 1.54) is 12.8 Å². The van der Waals surface area contributed by atoms with Crippen molar-refractivity contribution in [3.8, 4) is 0 Å². The molecule has 1 aromatic carbocycles. The van der Waals surface area contributed by atoms with Crippen LogP contribution in [0.3, 0.4) is 0 Å². The van der Waals surface area contributed by atoms with E-state index >= 15 is 0 Å². The lowest BCUT2D eigenvalue weighted by atomic mass is 10.0. The van der Waals surface area contributed by atoms with Gasteiger partial charge in [-0.3, -0.25) is 9.47 Å². The third-order valence-corrected chi connectivity index (χ3v) is 4.70. The van der Waals surface area contributed by atoms with Gasteiger partial charge >= 0.3 is 5.69 Å². The second-order valence-corrected chi connectivity index (χ2v) is 6.62. The summed E-state index contributed by atoms with van der Waals surface area (Å²) in [5.74, 6) is 0. The van der Waals surface area contributed by atoms with Crippen molar-refractivity contribution in [2.45, 2.75) is 51.7 Å². The van der Waals surface area contributed by atoms with E-state index in [4.69, 9.17) is 11.6 Å². The molecule has 1 aromatic heterocycles. The van der Waals surface area contributed by atoms with E-state index in [0.29, 0.717) is 17.1 Å². The van der Waals surface area contributed by atoms with Crippen LogP contribution in [0.15, 0.2) is 23.0 Å². The molecule has 1 atom stereocenters. The Kier molecular flexibility index (Phi) is 4.09. The molecule has 0 aliphatic carbocycles. The lowest BCUT2D eigenvalue weighted by molar-refractivity contribution is 0.0993. The first-order chi connectivity index (χ1) is 10.1. The fourth-order valence-electron chi connectivity index (χ4n) is 3.43. The van der Waals surface area contributed by atoms with E-state index in [1.54, 1.807) is 0 Å². The number of likely N-dealkylation sites (tertiary alicyclic amines) is 1. The normalized spacial score (nSPS) is 20.5. The number of imidazole rings is 1. The van der Waals surface area contributed by atoms with Crippen LogP contribution in [0, 0.1) is 0 Å². The molecule has 2 heterocycles. The molecule has 0 bridgehead atoms. The minimum Gasteiger partial charge on any atom is -0.305 e. The predicted molar refractivity (Wildman–Crippen MR) is 87.0 cm³/mol. The average molecular weight is 308 g/mol. The first-order valence-electron chi connectivity index (χ1n) is 7.70. The molecule has 0 amide bonds. The number of aromatic amines is 1. The van der Waals surface area contributed by atoms with Crippen molar-refractivity contribution in [1.82, 2.24) is 14.5 Å². The number of benzene rings is 1. The molecule has 1 unspecified atom stereocenters. The summed E-state index contributed by atoms with van der Waals surface area (Å²) in [5, 5.41) is 0.650. The van der Waals surface area contributed by atoms with Crippen LogP contribution in [-0.4, -0.2) is 33.1 Å². The van der Waals surface area contributed by atoms with Crippen molar-refractivity contribution in [2.75, 3.05) is 6.54 Å². The van der Waals surface area contributed by atoms with Gasteiger partial charge in [0, 0.05) is 23.7 Å². The van der Waals surface area contributed by atoms with Gasteiger partial charge in [-0.1, -0.05) is 18.0 Å². The van der Waals surface area contributed by atoms with Gasteiger partial charge in [-0.05, 0) is 51.4 Å². The minimum atomic E-state index is -0.0402. The van der Waals surface area contributed by atoms with Gasteiger partial charge in [0.15, 0.2) is 0 Å². The van der Waals surface area contributed by atoms with Gasteiger partial charge in [0.05, 0.1) is 11.0 Å². The number of H-pyrrole nitrogens is 1. The van der Waals surface area contributed by atoms with Crippen LogP contribution in [0.1, 0.15) is 33.1 Å². The molecule has 1 aliphatic rings. The number of piperidine rings is 1. The quantitative estimate of drug-likeness (QED) is 0.945. The van der Waals surface area contributed by atoms with Gasteiger partial charge in [-0.15, -0.1) is 0 Å². The number of hydrogen-bond acceptors (Lipinski definition) is 2. The number of nitrogens with zero attached hydrogens (tertiary/aromatic N) is 2. The SMILES string of the molecule is CC(C)N1CCCCC1Cn1c(=O)[nH]c2cc(Cl)ccc21. The van der Waals surface area contributed by atoms with Gasteiger partial charge in [0.25, 0.3) is 0 Å². The summed E-state index contributed by atoms with van der Waals surface area (Å²) in [7, 11) is 0. The maximum atomic E-state index is 12.2. The highest BCUT2D eigenvalue weighted by molar-refractivity contribution is 6.31. The maximum Gasteiger partial charge on any atom is 0.326 e. The summed E-state index contributed by atoms with van der Waals surface area (Å²) >= 11 is 6.00. The van der Waals surface area contributed by atoms with Gasteiger partial charge in [-0.25, -0.2) is 4.79 Å². The number of fused-ring (bicyclic) bond motifs is 1. The van der Waals surface area contributed by atoms with Crippen molar-refractivity contribution in [2.24, 2.45) is 0 Å². The Hall–Kier alpha value is -1.26. The topological polar surface area (TPSA) is 41.0 Å². The third-order valence-electron chi connectivity index (χ3n) is 4.47. The zero-order valence-corrected chi connectivity index (χ0v) is 13.4. The Morgan fingerprint density at radius 2 is 2.19 bits per heavy atom. The zero-order valence-electron chi connectivity index (χ0n) is 12.6. The van der Waals surface area contributed by atoms with E-state index in [-0.39, 0.29) is 5.69 Å². The molecule has 114 valence electrons. The number of hydrogen-bond donors (Lipinski definition) is 1. The second-order valence-electron chi connectivity index (χ2n) is 6.18. The molecule has 0 radical (unpaired) electrons. The Morgan fingerprint density at radius 3 is 2.95 bits per heavy atom. The van der Waals surface area contributed by atoms with Crippen LogP contribution < -0.4 is 5.69 Å². The zero-order chi connectivity index (χ0) is 15.0. The molecule has 1 saturated heterocycles. The van der Waals surface area contributed by atoms with E-state index < -0.39 is 0 Å². The van der Waals surface area contributed by atoms with Crippen LogP contribution in [0.5, 0.6) is 0 Å².